The monoisotopic (exact) mass is 484 g/mol. The number of thiophene rings is 1. The zero-order valence-electron chi connectivity index (χ0n) is 19.8. The summed E-state index contributed by atoms with van der Waals surface area (Å²) in [7, 11) is 0. The summed E-state index contributed by atoms with van der Waals surface area (Å²) >= 11 is 1.83. The molecule has 35 heavy (non-hydrogen) atoms. The molecule has 4 aromatic rings. The number of hydrogen-bond donors (Lipinski definition) is 1. The number of aryl methyl sites for hydroxylation is 3. The largest absolute Gasteiger partial charge is 0.356 e. The first-order valence-electron chi connectivity index (χ1n) is 12.4. The van der Waals surface area contributed by atoms with Gasteiger partial charge in [-0.1, -0.05) is 0 Å². The van der Waals surface area contributed by atoms with Gasteiger partial charge in [0.2, 0.25) is 5.91 Å². The van der Waals surface area contributed by atoms with Gasteiger partial charge in [0.05, 0.1) is 5.39 Å². The van der Waals surface area contributed by atoms with Gasteiger partial charge < -0.3 is 10.2 Å². The highest BCUT2D eigenvalue weighted by Gasteiger charge is 2.29. The molecule has 0 radical (unpaired) electrons. The molecule has 0 aromatic carbocycles. The predicted octanol–water partition coefficient (Wildman–Crippen LogP) is 5.19. The summed E-state index contributed by atoms with van der Waals surface area (Å²) in [4.78, 5) is 36.4. The third-order valence-electron chi connectivity index (χ3n) is 7.05. The van der Waals surface area contributed by atoms with Crippen molar-refractivity contribution >= 4 is 39.1 Å². The highest BCUT2D eigenvalue weighted by Crippen LogP contribution is 2.41. The summed E-state index contributed by atoms with van der Waals surface area (Å²) in [6.45, 7) is 3.59. The Hall–Kier alpha value is -3.39. The number of pyridine rings is 2. The maximum Gasteiger partial charge on any atom is 0.228 e. The number of fused-ring (bicyclic) bond motifs is 3. The van der Waals surface area contributed by atoms with Crippen LogP contribution in [0.5, 0.6) is 0 Å². The molecule has 0 atom stereocenters. The van der Waals surface area contributed by atoms with E-state index in [1.165, 1.54) is 28.7 Å². The standard InChI is InChI=1S/C27H28N6OS/c1-17-8-12-29-22(15-17)30-26(34)18-9-13-33(14-10-18)25-23-20-6-2-3-7-21(20)35-27(23)32-24(31-25)19-5-4-11-28-16-19/h4-5,8,11-12,15-16,18H,2-3,6-7,9-10,13-14H2,1H3,(H,29,30,34). The summed E-state index contributed by atoms with van der Waals surface area (Å²) in [5, 5.41) is 4.23. The van der Waals surface area contributed by atoms with Crippen LogP contribution in [0, 0.1) is 12.8 Å². The molecule has 1 aliphatic carbocycles. The molecule has 0 bridgehead atoms. The number of carbonyl (C=O) groups is 1. The Kier molecular flexibility index (Phi) is 5.90. The number of carbonyl (C=O) groups excluding carboxylic acids is 1. The fourth-order valence-electron chi connectivity index (χ4n) is 5.18. The number of hydrogen-bond acceptors (Lipinski definition) is 7. The van der Waals surface area contributed by atoms with E-state index in [1.54, 1.807) is 12.4 Å². The van der Waals surface area contributed by atoms with Gasteiger partial charge in [0.1, 0.15) is 16.5 Å². The Morgan fingerprint density at radius 3 is 2.77 bits per heavy atom. The van der Waals surface area contributed by atoms with Crippen LogP contribution in [-0.4, -0.2) is 38.9 Å². The Bertz CT molecular complexity index is 1380. The Morgan fingerprint density at radius 2 is 1.97 bits per heavy atom. The second-order valence-corrected chi connectivity index (χ2v) is 10.6. The normalized spacial score (nSPS) is 16.3. The van der Waals surface area contributed by atoms with Crippen molar-refractivity contribution in [3.63, 3.8) is 0 Å². The zero-order chi connectivity index (χ0) is 23.8. The fraction of sp³-hybridized carbons (Fsp3) is 0.370. The molecule has 2 aliphatic rings. The van der Waals surface area contributed by atoms with Crippen LogP contribution in [0.1, 0.15) is 41.7 Å². The number of nitrogens with zero attached hydrogens (tertiary/aromatic N) is 5. The number of anilines is 2. The number of piperidine rings is 1. The number of nitrogens with one attached hydrogen (secondary N) is 1. The molecule has 5 heterocycles. The molecule has 8 heteroatoms. The van der Waals surface area contributed by atoms with Crippen molar-refractivity contribution in [2.75, 3.05) is 23.3 Å². The van der Waals surface area contributed by atoms with Crippen LogP contribution >= 0.6 is 11.3 Å². The lowest BCUT2D eigenvalue weighted by molar-refractivity contribution is -0.120. The van der Waals surface area contributed by atoms with E-state index in [1.807, 2.05) is 48.7 Å². The SMILES string of the molecule is Cc1ccnc(NC(=O)C2CCN(c3nc(-c4cccnc4)nc4sc5c(c34)CCCC5)CC2)c1. The fourth-order valence-corrected chi connectivity index (χ4v) is 6.43. The van der Waals surface area contributed by atoms with Gasteiger partial charge in [0.15, 0.2) is 5.82 Å². The van der Waals surface area contributed by atoms with Crippen molar-refractivity contribution in [3.8, 4) is 11.4 Å². The predicted molar refractivity (Wildman–Crippen MR) is 140 cm³/mol. The first-order valence-corrected chi connectivity index (χ1v) is 13.2. The summed E-state index contributed by atoms with van der Waals surface area (Å²) in [5.41, 5.74) is 3.46. The van der Waals surface area contributed by atoms with Crippen LogP contribution in [0.4, 0.5) is 11.6 Å². The first-order chi connectivity index (χ1) is 17.2. The molecule has 7 nitrogen and oxygen atoms in total. The highest BCUT2D eigenvalue weighted by molar-refractivity contribution is 7.19. The molecule has 1 amide bonds. The van der Waals surface area contributed by atoms with Crippen molar-refractivity contribution in [2.24, 2.45) is 5.92 Å². The molecule has 1 N–H and O–H groups in total. The number of amides is 1. The lowest BCUT2D eigenvalue weighted by Gasteiger charge is -2.33. The van der Waals surface area contributed by atoms with Crippen molar-refractivity contribution in [1.82, 2.24) is 19.9 Å². The van der Waals surface area contributed by atoms with Gasteiger partial charge in [0.25, 0.3) is 0 Å². The molecular formula is C27H28N6OS. The molecule has 178 valence electrons. The summed E-state index contributed by atoms with van der Waals surface area (Å²) in [6, 6.07) is 7.78. The van der Waals surface area contributed by atoms with E-state index in [9.17, 15) is 4.79 Å². The van der Waals surface area contributed by atoms with E-state index in [-0.39, 0.29) is 11.8 Å². The van der Waals surface area contributed by atoms with Gasteiger partial charge in [-0.3, -0.25) is 9.78 Å². The third-order valence-corrected chi connectivity index (χ3v) is 8.23. The summed E-state index contributed by atoms with van der Waals surface area (Å²) in [6.07, 6.45) is 11.6. The second kappa shape index (κ2) is 9.34. The van der Waals surface area contributed by atoms with Crippen LogP contribution in [0.2, 0.25) is 0 Å². The maximum atomic E-state index is 12.9. The molecule has 1 fully saturated rings. The Labute approximate surface area is 208 Å². The summed E-state index contributed by atoms with van der Waals surface area (Å²) in [5.74, 6) is 2.40. The average molecular weight is 485 g/mol. The van der Waals surface area contributed by atoms with Crippen molar-refractivity contribution < 1.29 is 4.79 Å². The minimum atomic E-state index is -0.0277. The third kappa shape index (κ3) is 4.38. The molecular weight excluding hydrogens is 456 g/mol. The molecule has 1 saturated heterocycles. The van der Waals surface area contributed by atoms with Gasteiger partial charge in [-0.05, 0) is 80.8 Å². The average Bonchev–Trinajstić information content (AvgIpc) is 3.27. The lowest BCUT2D eigenvalue weighted by atomic mass is 9.94. The summed E-state index contributed by atoms with van der Waals surface area (Å²) < 4.78 is 0. The lowest BCUT2D eigenvalue weighted by Crippen LogP contribution is -2.39. The minimum absolute atomic E-state index is 0.0277. The van der Waals surface area contributed by atoms with Crippen LogP contribution in [0.3, 0.4) is 0 Å². The van der Waals surface area contributed by atoms with Crippen molar-refractivity contribution in [3.05, 3.63) is 58.9 Å². The van der Waals surface area contributed by atoms with Gasteiger partial charge in [-0.2, -0.15) is 0 Å². The van der Waals surface area contributed by atoms with Gasteiger partial charge >= 0.3 is 0 Å². The quantitative estimate of drug-likeness (QED) is 0.429. The van der Waals surface area contributed by atoms with E-state index in [0.717, 1.165) is 66.4 Å². The Balaban J connectivity index is 1.28. The van der Waals surface area contributed by atoms with Crippen LogP contribution < -0.4 is 10.2 Å². The smallest absolute Gasteiger partial charge is 0.228 e. The Morgan fingerprint density at radius 1 is 1.11 bits per heavy atom. The van der Waals surface area contributed by atoms with Gasteiger partial charge in [-0.25, -0.2) is 15.0 Å². The van der Waals surface area contributed by atoms with E-state index in [4.69, 9.17) is 9.97 Å². The molecule has 6 rings (SSSR count). The second-order valence-electron chi connectivity index (χ2n) is 9.47. The van der Waals surface area contributed by atoms with Crippen LogP contribution in [0.25, 0.3) is 21.6 Å². The molecule has 0 spiro atoms. The number of aromatic nitrogens is 4. The van der Waals surface area contributed by atoms with Crippen LogP contribution in [0.15, 0.2) is 42.9 Å². The van der Waals surface area contributed by atoms with Crippen LogP contribution in [-0.2, 0) is 17.6 Å². The van der Waals surface area contributed by atoms with Gasteiger partial charge in [0, 0.05) is 48.0 Å². The van der Waals surface area contributed by atoms with Crippen molar-refractivity contribution in [2.45, 2.75) is 45.4 Å². The van der Waals surface area contributed by atoms with Gasteiger partial charge in [-0.15, -0.1) is 11.3 Å². The van der Waals surface area contributed by atoms with E-state index >= 15 is 0 Å². The maximum absolute atomic E-state index is 12.9. The minimum Gasteiger partial charge on any atom is -0.356 e. The first kappa shape index (κ1) is 22.1. The van der Waals surface area contributed by atoms with E-state index in [2.05, 4.69) is 20.2 Å². The van der Waals surface area contributed by atoms with E-state index < -0.39 is 0 Å². The topological polar surface area (TPSA) is 83.9 Å². The van der Waals surface area contributed by atoms with E-state index in [0.29, 0.717) is 5.82 Å². The molecule has 4 aromatic heterocycles. The van der Waals surface area contributed by atoms with Crippen molar-refractivity contribution in [1.29, 1.82) is 0 Å². The molecule has 1 aliphatic heterocycles. The zero-order valence-corrected chi connectivity index (χ0v) is 20.6. The number of rotatable bonds is 4. The highest BCUT2D eigenvalue weighted by atomic mass is 32.1. The molecule has 0 saturated carbocycles. The molecule has 0 unspecified atom stereocenters.